The van der Waals surface area contributed by atoms with Crippen molar-refractivity contribution in [1.82, 2.24) is 5.32 Å². The largest absolute Gasteiger partial charge is 0.467 e. The molecule has 0 saturated heterocycles. The van der Waals surface area contributed by atoms with Crippen molar-refractivity contribution in [2.24, 2.45) is 0 Å². The summed E-state index contributed by atoms with van der Waals surface area (Å²) >= 11 is 0. The standard InChI is InChI=1S/C21H17F2N3O2/c22-14-4-1-3-13(9-14)6-7-19(24)17-10-16(18(23)11-20(17)25)21(27)26-12-15-5-2-8-28-15/h1-11,24H,12,25H2,(H,26,27)/b7-6+,24-19?. The molecule has 5 nitrogen and oxygen atoms in total. The van der Waals surface area contributed by atoms with Gasteiger partial charge >= 0.3 is 0 Å². The fourth-order valence-electron chi connectivity index (χ4n) is 2.55. The second-order valence-electron chi connectivity index (χ2n) is 5.98. The van der Waals surface area contributed by atoms with E-state index in [1.54, 1.807) is 24.3 Å². The first-order valence-electron chi connectivity index (χ1n) is 8.36. The number of nitrogens with one attached hydrogen (secondary N) is 2. The predicted octanol–water partition coefficient (Wildman–Crippen LogP) is 4.15. The van der Waals surface area contributed by atoms with Crippen molar-refractivity contribution in [2.75, 3.05) is 5.73 Å². The Morgan fingerprint density at radius 3 is 2.68 bits per heavy atom. The zero-order valence-electron chi connectivity index (χ0n) is 14.7. The van der Waals surface area contributed by atoms with Crippen LogP contribution in [-0.4, -0.2) is 11.6 Å². The Labute approximate surface area is 160 Å². The molecule has 0 saturated carbocycles. The average molecular weight is 381 g/mol. The molecule has 0 unspecified atom stereocenters. The van der Waals surface area contributed by atoms with E-state index in [4.69, 9.17) is 15.6 Å². The third kappa shape index (κ3) is 4.50. The molecule has 0 bridgehead atoms. The number of halogens is 2. The number of anilines is 1. The maximum atomic E-state index is 14.2. The topological polar surface area (TPSA) is 92.1 Å². The van der Waals surface area contributed by atoms with Crippen molar-refractivity contribution < 1.29 is 18.0 Å². The summed E-state index contributed by atoms with van der Waals surface area (Å²) < 4.78 is 32.6. The smallest absolute Gasteiger partial charge is 0.254 e. The van der Waals surface area contributed by atoms with Crippen LogP contribution in [0.5, 0.6) is 0 Å². The number of nitrogen functional groups attached to an aromatic ring is 1. The quantitative estimate of drug-likeness (QED) is 0.442. The third-order valence-corrected chi connectivity index (χ3v) is 3.97. The summed E-state index contributed by atoms with van der Waals surface area (Å²) in [6, 6.07) is 11.4. The second kappa shape index (κ2) is 8.30. The van der Waals surface area contributed by atoms with Gasteiger partial charge in [-0.25, -0.2) is 8.78 Å². The van der Waals surface area contributed by atoms with Crippen molar-refractivity contribution >= 4 is 23.4 Å². The van der Waals surface area contributed by atoms with E-state index in [0.717, 1.165) is 6.07 Å². The molecular formula is C21H17F2N3O2. The molecular weight excluding hydrogens is 364 g/mol. The van der Waals surface area contributed by atoms with Gasteiger partial charge in [0.1, 0.15) is 17.4 Å². The first kappa shape index (κ1) is 19.0. The Kier molecular flexibility index (Phi) is 5.64. The van der Waals surface area contributed by atoms with Crippen molar-refractivity contribution in [3.8, 4) is 0 Å². The maximum absolute atomic E-state index is 14.2. The number of benzene rings is 2. The van der Waals surface area contributed by atoms with Gasteiger partial charge in [-0.3, -0.25) is 4.79 Å². The summed E-state index contributed by atoms with van der Waals surface area (Å²) in [4.78, 5) is 12.3. The van der Waals surface area contributed by atoms with Gasteiger partial charge < -0.3 is 20.9 Å². The first-order chi connectivity index (χ1) is 13.4. The highest BCUT2D eigenvalue weighted by atomic mass is 19.1. The number of carbonyl (C=O) groups excluding carboxylic acids is 1. The molecule has 142 valence electrons. The number of carbonyl (C=O) groups is 1. The molecule has 1 heterocycles. The molecule has 28 heavy (non-hydrogen) atoms. The predicted molar refractivity (Wildman–Crippen MR) is 103 cm³/mol. The lowest BCUT2D eigenvalue weighted by Gasteiger charge is -2.10. The van der Waals surface area contributed by atoms with E-state index in [9.17, 15) is 13.6 Å². The molecule has 0 aliphatic carbocycles. The number of furan rings is 1. The van der Waals surface area contributed by atoms with Crippen LogP contribution in [0.4, 0.5) is 14.5 Å². The molecule has 1 aromatic heterocycles. The molecule has 7 heteroatoms. The van der Waals surface area contributed by atoms with Crippen molar-refractivity contribution in [2.45, 2.75) is 6.54 Å². The van der Waals surface area contributed by atoms with Crippen LogP contribution in [0.25, 0.3) is 6.08 Å². The van der Waals surface area contributed by atoms with E-state index >= 15 is 0 Å². The van der Waals surface area contributed by atoms with Gasteiger partial charge in [0.05, 0.1) is 24.1 Å². The van der Waals surface area contributed by atoms with Gasteiger partial charge in [0.15, 0.2) is 0 Å². The molecule has 1 amide bonds. The summed E-state index contributed by atoms with van der Waals surface area (Å²) in [6.45, 7) is 0.0991. The number of hydrogen-bond acceptors (Lipinski definition) is 4. The normalized spacial score (nSPS) is 10.9. The Morgan fingerprint density at radius 2 is 1.96 bits per heavy atom. The van der Waals surface area contributed by atoms with E-state index in [1.165, 1.54) is 36.6 Å². The molecule has 2 aromatic carbocycles. The van der Waals surface area contributed by atoms with E-state index in [-0.39, 0.29) is 29.1 Å². The molecule has 0 fully saturated rings. The third-order valence-electron chi connectivity index (χ3n) is 3.97. The van der Waals surface area contributed by atoms with Gasteiger partial charge in [-0.2, -0.15) is 0 Å². The van der Waals surface area contributed by atoms with Crippen LogP contribution in [0.1, 0.15) is 27.2 Å². The summed E-state index contributed by atoms with van der Waals surface area (Å²) in [5.74, 6) is -1.32. The number of rotatable bonds is 6. The van der Waals surface area contributed by atoms with Crippen molar-refractivity contribution in [1.29, 1.82) is 5.41 Å². The second-order valence-corrected chi connectivity index (χ2v) is 5.98. The van der Waals surface area contributed by atoms with E-state index in [1.807, 2.05) is 0 Å². The van der Waals surface area contributed by atoms with E-state index < -0.39 is 17.5 Å². The SMILES string of the molecule is N=C(/C=C/c1cccc(F)c1)c1cc(C(=O)NCc2ccco2)c(F)cc1N. The lowest BCUT2D eigenvalue weighted by Crippen LogP contribution is -2.24. The number of nitrogens with two attached hydrogens (primary N) is 1. The van der Waals surface area contributed by atoms with Crippen LogP contribution in [0.15, 0.2) is 65.3 Å². The van der Waals surface area contributed by atoms with Crippen molar-refractivity contribution in [3.63, 3.8) is 0 Å². The van der Waals surface area contributed by atoms with Gasteiger partial charge in [-0.1, -0.05) is 18.2 Å². The van der Waals surface area contributed by atoms with Crippen LogP contribution in [0.3, 0.4) is 0 Å². The summed E-state index contributed by atoms with van der Waals surface area (Å²) in [5, 5.41) is 10.7. The lowest BCUT2D eigenvalue weighted by molar-refractivity contribution is 0.0944. The monoisotopic (exact) mass is 381 g/mol. The molecule has 0 aliphatic rings. The summed E-state index contributed by atoms with van der Waals surface area (Å²) in [7, 11) is 0. The van der Waals surface area contributed by atoms with Crippen LogP contribution < -0.4 is 11.1 Å². The lowest BCUT2D eigenvalue weighted by atomic mass is 10.0. The van der Waals surface area contributed by atoms with Crippen molar-refractivity contribution in [3.05, 3.63) is 95.0 Å². The van der Waals surface area contributed by atoms with Crippen LogP contribution in [0, 0.1) is 17.0 Å². The number of allylic oxidation sites excluding steroid dienone is 1. The average Bonchev–Trinajstić information content (AvgIpc) is 3.18. The zero-order valence-corrected chi connectivity index (χ0v) is 14.7. The molecule has 0 atom stereocenters. The summed E-state index contributed by atoms with van der Waals surface area (Å²) in [5.41, 5.74) is 6.31. The molecule has 4 N–H and O–H groups in total. The fourth-order valence-corrected chi connectivity index (χ4v) is 2.55. The first-order valence-corrected chi connectivity index (χ1v) is 8.36. The minimum atomic E-state index is -0.792. The Hall–Kier alpha value is -3.74. The van der Waals surface area contributed by atoms with Gasteiger partial charge in [0.2, 0.25) is 0 Å². The molecule has 0 aliphatic heterocycles. The fraction of sp³-hybridized carbons (Fsp3) is 0.0476. The van der Waals surface area contributed by atoms with Crippen LogP contribution in [-0.2, 0) is 6.54 Å². The van der Waals surface area contributed by atoms with E-state index in [0.29, 0.717) is 11.3 Å². The minimum absolute atomic E-state index is 0.0222. The Bertz CT molecular complexity index is 1040. The van der Waals surface area contributed by atoms with Gasteiger partial charge in [0, 0.05) is 11.3 Å². The molecule has 3 aromatic rings. The van der Waals surface area contributed by atoms with Gasteiger partial charge in [-0.15, -0.1) is 0 Å². The highest BCUT2D eigenvalue weighted by Crippen LogP contribution is 2.20. The Morgan fingerprint density at radius 1 is 1.14 bits per heavy atom. The van der Waals surface area contributed by atoms with Crippen LogP contribution >= 0.6 is 0 Å². The molecule has 0 radical (unpaired) electrons. The highest BCUT2D eigenvalue weighted by molar-refractivity contribution is 6.13. The zero-order chi connectivity index (χ0) is 20.1. The van der Waals surface area contributed by atoms with Crippen LogP contribution in [0.2, 0.25) is 0 Å². The number of hydrogen-bond donors (Lipinski definition) is 3. The minimum Gasteiger partial charge on any atom is -0.467 e. The van der Waals surface area contributed by atoms with Gasteiger partial charge in [-0.05, 0) is 48.0 Å². The Balaban J connectivity index is 1.80. The van der Waals surface area contributed by atoms with E-state index in [2.05, 4.69) is 5.32 Å². The van der Waals surface area contributed by atoms with Gasteiger partial charge in [0.25, 0.3) is 5.91 Å². The number of amides is 1. The molecule has 3 rings (SSSR count). The summed E-state index contributed by atoms with van der Waals surface area (Å²) in [6.07, 6.45) is 4.41. The highest BCUT2D eigenvalue weighted by Gasteiger charge is 2.16. The molecule has 0 spiro atoms. The maximum Gasteiger partial charge on any atom is 0.254 e.